The number of aromatic nitrogens is 3. The molecule has 2 aromatic rings. The van der Waals surface area contributed by atoms with Gasteiger partial charge in [-0.3, -0.25) is 9.59 Å². The number of hydrogen-bond donors (Lipinski definition) is 1. The number of aryl methyl sites for hydroxylation is 1. The highest BCUT2D eigenvalue weighted by molar-refractivity contribution is 5.99. The van der Waals surface area contributed by atoms with E-state index in [0.717, 1.165) is 25.0 Å². The Balaban J connectivity index is 1.44. The number of carbonyl (C=O) groups excluding carboxylic acids is 2. The molecule has 2 aromatic heterocycles. The van der Waals surface area contributed by atoms with E-state index in [1.165, 1.54) is 25.5 Å². The molecule has 1 saturated heterocycles. The number of hydrogen-bond acceptors (Lipinski definition) is 4. The molecule has 0 radical (unpaired) electrons. The van der Waals surface area contributed by atoms with E-state index >= 15 is 0 Å². The van der Waals surface area contributed by atoms with Gasteiger partial charge in [0.1, 0.15) is 11.6 Å². The Bertz CT molecular complexity index is 809. The van der Waals surface area contributed by atoms with Crippen molar-refractivity contribution in [3.8, 4) is 0 Å². The van der Waals surface area contributed by atoms with Gasteiger partial charge in [0.05, 0.1) is 11.9 Å². The van der Waals surface area contributed by atoms with E-state index < -0.39 is 6.04 Å². The molecule has 7 nitrogen and oxygen atoms in total. The number of imidazole rings is 1. The fourth-order valence-electron chi connectivity index (χ4n) is 3.97. The zero-order valence-corrected chi connectivity index (χ0v) is 14.4. The van der Waals surface area contributed by atoms with Crippen LogP contribution >= 0.6 is 0 Å². The molecule has 4 rings (SSSR count). The normalized spacial score (nSPS) is 21.9. The van der Waals surface area contributed by atoms with Crippen LogP contribution in [0.15, 0.2) is 18.6 Å². The summed E-state index contributed by atoms with van der Waals surface area (Å²) in [6, 6.07) is 1.65. The molecular formula is C18H23N5O2. The van der Waals surface area contributed by atoms with E-state index in [1.54, 1.807) is 17.0 Å². The van der Waals surface area contributed by atoms with Gasteiger partial charge >= 0.3 is 0 Å². The molecule has 0 spiro atoms. The van der Waals surface area contributed by atoms with E-state index in [9.17, 15) is 9.59 Å². The van der Waals surface area contributed by atoms with Gasteiger partial charge in [-0.1, -0.05) is 19.3 Å². The molecule has 0 unspecified atom stereocenters. The zero-order chi connectivity index (χ0) is 17.4. The number of nitrogens with zero attached hydrogens (tertiary/aromatic N) is 4. The van der Waals surface area contributed by atoms with Crippen LogP contribution in [0.25, 0.3) is 11.2 Å². The van der Waals surface area contributed by atoms with Crippen molar-refractivity contribution in [2.75, 3.05) is 6.54 Å². The molecule has 1 atom stereocenters. The summed E-state index contributed by atoms with van der Waals surface area (Å²) in [4.78, 5) is 35.7. The van der Waals surface area contributed by atoms with Crippen LogP contribution in [0.2, 0.25) is 0 Å². The van der Waals surface area contributed by atoms with Gasteiger partial charge in [-0.2, -0.15) is 0 Å². The standard InChI is InChI=1S/C18H23N5O2/c1-22-11-20-15-9-12(10-19-16(15)22)17(24)21-14-7-8-23(18(14)25)13-5-3-2-4-6-13/h9-11,13-14H,2-8H2,1H3,(H,21,24)/t14-/m1/s1. The van der Waals surface area contributed by atoms with Crippen molar-refractivity contribution >= 4 is 23.0 Å². The highest BCUT2D eigenvalue weighted by Gasteiger charge is 2.37. The number of carbonyl (C=O) groups is 2. The van der Waals surface area contributed by atoms with Crippen molar-refractivity contribution in [1.82, 2.24) is 24.8 Å². The topological polar surface area (TPSA) is 80.1 Å². The van der Waals surface area contributed by atoms with E-state index in [0.29, 0.717) is 23.5 Å². The number of pyridine rings is 1. The Kier molecular flexibility index (Phi) is 4.15. The summed E-state index contributed by atoms with van der Waals surface area (Å²) in [5.74, 6) is -0.198. The van der Waals surface area contributed by atoms with Crippen molar-refractivity contribution in [1.29, 1.82) is 0 Å². The monoisotopic (exact) mass is 341 g/mol. The van der Waals surface area contributed by atoms with Crippen molar-refractivity contribution in [3.05, 3.63) is 24.2 Å². The van der Waals surface area contributed by atoms with E-state index in [-0.39, 0.29) is 11.8 Å². The second kappa shape index (κ2) is 6.46. The largest absolute Gasteiger partial charge is 0.340 e. The first-order valence-electron chi connectivity index (χ1n) is 9.02. The zero-order valence-electron chi connectivity index (χ0n) is 14.4. The maximum atomic E-state index is 12.7. The van der Waals surface area contributed by atoms with Crippen LogP contribution in [0, 0.1) is 0 Å². The maximum absolute atomic E-state index is 12.7. The molecule has 3 heterocycles. The summed E-state index contributed by atoms with van der Waals surface area (Å²) in [6.45, 7) is 0.742. The molecular weight excluding hydrogens is 318 g/mol. The second-order valence-corrected chi connectivity index (χ2v) is 7.06. The number of rotatable bonds is 3. The van der Waals surface area contributed by atoms with Crippen molar-refractivity contribution in [3.63, 3.8) is 0 Å². The van der Waals surface area contributed by atoms with Gasteiger partial charge in [-0.05, 0) is 25.3 Å². The van der Waals surface area contributed by atoms with Crippen LogP contribution in [0.5, 0.6) is 0 Å². The van der Waals surface area contributed by atoms with Gasteiger partial charge in [0.15, 0.2) is 5.65 Å². The molecule has 0 aromatic carbocycles. The lowest BCUT2D eigenvalue weighted by atomic mass is 9.94. The Morgan fingerprint density at radius 2 is 2.00 bits per heavy atom. The number of fused-ring (bicyclic) bond motifs is 1. The summed E-state index contributed by atoms with van der Waals surface area (Å²) < 4.78 is 1.81. The number of amides is 2. The number of likely N-dealkylation sites (tertiary alicyclic amines) is 1. The fraction of sp³-hybridized carbons (Fsp3) is 0.556. The molecule has 0 bridgehead atoms. The summed E-state index contributed by atoms with van der Waals surface area (Å²) in [5, 5.41) is 2.88. The predicted octanol–water partition coefficient (Wildman–Crippen LogP) is 1.63. The van der Waals surface area contributed by atoms with E-state index in [2.05, 4.69) is 15.3 Å². The molecule has 1 N–H and O–H groups in total. The first-order valence-corrected chi connectivity index (χ1v) is 9.02. The predicted molar refractivity (Wildman–Crippen MR) is 93.0 cm³/mol. The first-order chi connectivity index (χ1) is 12.1. The Morgan fingerprint density at radius 1 is 1.20 bits per heavy atom. The molecule has 25 heavy (non-hydrogen) atoms. The third-order valence-electron chi connectivity index (χ3n) is 5.37. The van der Waals surface area contributed by atoms with E-state index in [1.807, 2.05) is 11.9 Å². The van der Waals surface area contributed by atoms with Crippen molar-refractivity contribution in [2.45, 2.75) is 50.6 Å². The van der Waals surface area contributed by atoms with Crippen LogP contribution in [0.3, 0.4) is 0 Å². The lowest BCUT2D eigenvalue weighted by molar-refractivity contribution is -0.131. The summed E-state index contributed by atoms with van der Waals surface area (Å²) >= 11 is 0. The quantitative estimate of drug-likeness (QED) is 0.920. The third-order valence-corrected chi connectivity index (χ3v) is 5.37. The second-order valence-electron chi connectivity index (χ2n) is 7.06. The lowest BCUT2D eigenvalue weighted by Crippen LogP contribution is -2.45. The Hall–Kier alpha value is -2.44. The van der Waals surface area contributed by atoms with E-state index in [4.69, 9.17) is 0 Å². The molecule has 132 valence electrons. The molecule has 1 aliphatic heterocycles. The molecule has 2 aliphatic rings. The van der Waals surface area contributed by atoms with Gasteiger partial charge in [0.25, 0.3) is 5.91 Å². The van der Waals surface area contributed by atoms with Crippen LogP contribution in [-0.4, -0.2) is 49.9 Å². The van der Waals surface area contributed by atoms with Crippen LogP contribution in [0.4, 0.5) is 0 Å². The highest BCUT2D eigenvalue weighted by atomic mass is 16.2. The van der Waals surface area contributed by atoms with Crippen molar-refractivity contribution < 1.29 is 9.59 Å². The van der Waals surface area contributed by atoms with Gasteiger partial charge in [-0.15, -0.1) is 0 Å². The summed E-state index contributed by atoms with van der Waals surface area (Å²) in [6.07, 6.45) is 9.73. The van der Waals surface area contributed by atoms with Crippen LogP contribution < -0.4 is 5.32 Å². The fourth-order valence-corrected chi connectivity index (χ4v) is 3.97. The Morgan fingerprint density at radius 3 is 2.80 bits per heavy atom. The SMILES string of the molecule is Cn1cnc2cc(C(=O)N[C@@H]3CCN(C4CCCCC4)C3=O)cnc21. The summed E-state index contributed by atoms with van der Waals surface area (Å²) in [7, 11) is 1.86. The molecule has 2 amide bonds. The minimum Gasteiger partial charge on any atom is -0.340 e. The van der Waals surface area contributed by atoms with Gasteiger partial charge < -0.3 is 14.8 Å². The first kappa shape index (κ1) is 16.1. The van der Waals surface area contributed by atoms with Crippen LogP contribution in [-0.2, 0) is 11.8 Å². The minimum atomic E-state index is -0.422. The molecule has 1 aliphatic carbocycles. The van der Waals surface area contributed by atoms with Gasteiger partial charge in [-0.25, -0.2) is 9.97 Å². The molecule has 7 heteroatoms. The highest BCUT2D eigenvalue weighted by Crippen LogP contribution is 2.26. The van der Waals surface area contributed by atoms with Gasteiger partial charge in [0.2, 0.25) is 5.91 Å². The number of nitrogens with one attached hydrogen (secondary N) is 1. The van der Waals surface area contributed by atoms with Crippen molar-refractivity contribution in [2.24, 2.45) is 7.05 Å². The average Bonchev–Trinajstić information content (AvgIpc) is 3.19. The lowest BCUT2D eigenvalue weighted by Gasteiger charge is -2.31. The average molecular weight is 341 g/mol. The van der Waals surface area contributed by atoms with Crippen LogP contribution in [0.1, 0.15) is 48.9 Å². The Labute approximate surface area is 146 Å². The smallest absolute Gasteiger partial charge is 0.253 e. The molecule has 1 saturated carbocycles. The minimum absolute atomic E-state index is 0.0622. The molecule has 2 fully saturated rings. The summed E-state index contributed by atoms with van der Waals surface area (Å²) in [5.41, 5.74) is 1.85. The third kappa shape index (κ3) is 2.99. The van der Waals surface area contributed by atoms with Gasteiger partial charge in [0, 0.05) is 25.8 Å². The maximum Gasteiger partial charge on any atom is 0.253 e.